The average Bonchev–Trinajstić information content (AvgIpc) is 2.94. The van der Waals surface area contributed by atoms with Crippen LogP contribution in [0.15, 0.2) is 37.1 Å². The zero-order valence-corrected chi connectivity index (χ0v) is 12.7. The highest BCUT2D eigenvalue weighted by Gasteiger charge is 2.19. The molecule has 3 heterocycles. The highest BCUT2D eigenvalue weighted by atomic mass is 16.1. The molecule has 3 aromatic heterocycles. The van der Waals surface area contributed by atoms with Crippen LogP contribution in [0.2, 0.25) is 0 Å². The van der Waals surface area contributed by atoms with Crippen LogP contribution in [-0.2, 0) is 0 Å². The van der Waals surface area contributed by atoms with E-state index in [9.17, 15) is 9.59 Å². The van der Waals surface area contributed by atoms with E-state index in [2.05, 4.69) is 15.0 Å². The van der Waals surface area contributed by atoms with E-state index in [0.29, 0.717) is 22.2 Å². The molecular weight excluding hydrogens is 294 g/mol. The highest BCUT2D eigenvalue weighted by molar-refractivity contribution is 6.16. The van der Waals surface area contributed by atoms with Gasteiger partial charge in [-0.2, -0.15) is 0 Å². The number of pyridine rings is 1. The van der Waals surface area contributed by atoms with E-state index in [-0.39, 0.29) is 17.5 Å². The second-order valence-corrected chi connectivity index (χ2v) is 5.43. The summed E-state index contributed by atoms with van der Waals surface area (Å²) < 4.78 is 1.93. The molecule has 0 bridgehead atoms. The third kappa shape index (κ3) is 2.57. The minimum Gasteiger partial charge on any atom is -0.364 e. The topological polar surface area (TPSA) is 104 Å². The molecule has 0 atom stereocenters. The summed E-state index contributed by atoms with van der Waals surface area (Å²) in [6.07, 6.45) is 6.21. The Morgan fingerprint density at radius 3 is 2.57 bits per heavy atom. The van der Waals surface area contributed by atoms with E-state index >= 15 is 0 Å². The molecule has 0 aliphatic rings. The van der Waals surface area contributed by atoms with E-state index in [1.165, 1.54) is 24.7 Å². The molecule has 0 radical (unpaired) electrons. The Labute approximate surface area is 132 Å². The van der Waals surface area contributed by atoms with Crippen molar-refractivity contribution in [2.75, 3.05) is 0 Å². The van der Waals surface area contributed by atoms with Crippen molar-refractivity contribution in [3.8, 4) is 0 Å². The fraction of sp³-hybridized carbons (Fsp3) is 0.188. The smallest absolute Gasteiger partial charge is 0.267 e. The number of carbonyl (C=O) groups is 2. The molecule has 0 aliphatic heterocycles. The van der Waals surface area contributed by atoms with Crippen LogP contribution >= 0.6 is 0 Å². The van der Waals surface area contributed by atoms with Crippen molar-refractivity contribution in [3.05, 3.63) is 53.9 Å². The average molecular weight is 309 g/mol. The van der Waals surface area contributed by atoms with Gasteiger partial charge in [0.15, 0.2) is 5.78 Å². The molecule has 1 amide bonds. The standard InChI is InChI=1S/C16H15N5O2/c1-9(2)21-7-12(11-6-18-8-20-16(11)21)14(22)10-3-4-13(15(17)23)19-5-10/h3-9H,1-2H3,(H2,17,23). The lowest BCUT2D eigenvalue weighted by molar-refractivity contribution is 0.0992. The SMILES string of the molecule is CC(C)n1cc(C(=O)c2ccc(C(N)=O)nc2)c2cncnc21. The van der Waals surface area contributed by atoms with Crippen LogP contribution in [0.1, 0.15) is 46.3 Å². The number of carbonyl (C=O) groups excluding carboxylic acids is 2. The Hall–Kier alpha value is -3.09. The molecule has 23 heavy (non-hydrogen) atoms. The van der Waals surface area contributed by atoms with E-state index in [1.54, 1.807) is 12.4 Å². The number of ketones is 1. The first-order chi connectivity index (χ1) is 11.0. The Balaban J connectivity index is 2.09. The van der Waals surface area contributed by atoms with Crippen molar-refractivity contribution < 1.29 is 9.59 Å². The summed E-state index contributed by atoms with van der Waals surface area (Å²) in [4.78, 5) is 36.0. The van der Waals surface area contributed by atoms with Gasteiger partial charge >= 0.3 is 0 Å². The number of hydrogen-bond donors (Lipinski definition) is 1. The van der Waals surface area contributed by atoms with E-state index in [0.717, 1.165) is 0 Å². The first-order valence-corrected chi connectivity index (χ1v) is 7.10. The van der Waals surface area contributed by atoms with Gasteiger partial charge in [-0.1, -0.05) is 0 Å². The van der Waals surface area contributed by atoms with Crippen LogP contribution in [0.4, 0.5) is 0 Å². The summed E-state index contributed by atoms with van der Waals surface area (Å²) >= 11 is 0. The van der Waals surface area contributed by atoms with Gasteiger partial charge in [-0.05, 0) is 26.0 Å². The molecule has 0 aromatic carbocycles. The molecular formula is C16H15N5O2. The van der Waals surface area contributed by atoms with Crippen LogP contribution in [0.5, 0.6) is 0 Å². The lowest BCUT2D eigenvalue weighted by atomic mass is 10.1. The zero-order valence-electron chi connectivity index (χ0n) is 12.7. The first-order valence-electron chi connectivity index (χ1n) is 7.10. The summed E-state index contributed by atoms with van der Waals surface area (Å²) in [7, 11) is 0. The van der Waals surface area contributed by atoms with Crippen LogP contribution in [0.25, 0.3) is 11.0 Å². The van der Waals surface area contributed by atoms with Gasteiger partial charge < -0.3 is 10.3 Å². The predicted octanol–water partition coefficient (Wildman–Crippen LogP) is 1.74. The second-order valence-electron chi connectivity index (χ2n) is 5.43. The number of nitrogens with two attached hydrogens (primary N) is 1. The Bertz CT molecular complexity index is 896. The number of amides is 1. The molecule has 3 rings (SSSR count). The molecule has 0 fully saturated rings. The molecule has 116 valence electrons. The van der Waals surface area contributed by atoms with E-state index in [1.807, 2.05) is 18.4 Å². The van der Waals surface area contributed by atoms with Crippen molar-refractivity contribution in [3.63, 3.8) is 0 Å². The fourth-order valence-corrected chi connectivity index (χ4v) is 2.39. The highest BCUT2D eigenvalue weighted by Crippen LogP contribution is 2.24. The van der Waals surface area contributed by atoms with Gasteiger partial charge in [-0.3, -0.25) is 14.6 Å². The van der Waals surface area contributed by atoms with Crippen molar-refractivity contribution >= 4 is 22.7 Å². The van der Waals surface area contributed by atoms with Crippen LogP contribution < -0.4 is 5.73 Å². The van der Waals surface area contributed by atoms with Gasteiger partial charge in [0.1, 0.15) is 17.7 Å². The molecule has 7 nitrogen and oxygen atoms in total. The largest absolute Gasteiger partial charge is 0.364 e. The summed E-state index contributed by atoms with van der Waals surface area (Å²) in [6, 6.07) is 3.13. The fourth-order valence-electron chi connectivity index (χ4n) is 2.39. The van der Waals surface area contributed by atoms with E-state index < -0.39 is 5.91 Å². The molecule has 0 spiro atoms. The zero-order chi connectivity index (χ0) is 16.6. The minimum absolute atomic E-state index is 0.120. The van der Waals surface area contributed by atoms with Crippen molar-refractivity contribution in [1.29, 1.82) is 0 Å². The minimum atomic E-state index is -0.631. The number of nitrogens with zero attached hydrogens (tertiary/aromatic N) is 4. The van der Waals surface area contributed by atoms with Crippen molar-refractivity contribution in [2.45, 2.75) is 19.9 Å². The first kappa shape index (κ1) is 14.8. The Kier molecular flexibility index (Phi) is 3.61. The molecule has 0 unspecified atom stereocenters. The van der Waals surface area contributed by atoms with Gasteiger partial charge in [0.2, 0.25) is 0 Å². The van der Waals surface area contributed by atoms with Gasteiger partial charge in [0, 0.05) is 35.6 Å². The number of rotatable bonds is 4. The van der Waals surface area contributed by atoms with Gasteiger partial charge in [0.05, 0.1) is 5.56 Å². The summed E-state index contributed by atoms with van der Waals surface area (Å²) in [5.41, 5.74) is 6.86. The van der Waals surface area contributed by atoms with Crippen molar-refractivity contribution in [1.82, 2.24) is 19.5 Å². The molecule has 0 aliphatic carbocycles. The quantitative estimate of drug-likeness (QED) is 0.739. The van der Waals surface area contributed by atoms with Crippen molar-refractivity contribution in [2.24, 2.45) is 5.73 Å². The maximum absolute atomic E-state index is 12.8. The maximum atomic E-state index is 12.8. The number of hydrogen-bond acceptors (Lipinski definition) is 5. The summed E-state index contributed by atoms with van der Waals surface area (Å²) in [5, 5.41) is 0.685. The number of primary amides is 1. The number of fused-ring (bicyclic) bond motifs is 1. The number of aromatic nitrogens is 4. The Morgan fingerprint density at radius 2 is 1.96 bits per heavy atom. The summed E-state index contributed by atoms with van der Waals surface area (Å²) in [5.74, 6) is -0.832. The third-order valence-corrected chi connectivity index (χ3v) is 3.57. The maximum Gasteiger partial charge on any atom is 0.267 e. The monoisotopic (exact) mass is 309 g/mol. The second kappa shape index (κ2) is 5.60. The lowest BCUT2D eigenvalue weighted by Crippen LogP contribution is -2.13. The van der Waals surface area contributed by atoms with Crippen LogP contribution in [0.3, 0.4) is 0 Å². The van der Waals surface area contributed by atoms with Gasteiger partial charge in [-0.25, -0.2) is 9.97 Å². The molecule has 3 aromatic rings. The Morgan fingerprint density at radius 1 is 1.17 bits per heavy atom. The molecule has 2 N–H and O–H groups in total. The van der Waals surface area contributed by atoms with Crippen LogP contribution in [-0.4, -0.2) is 31.2 Å². The summed E-state index contributed by atoms with van der Waals surface area (Å²) in [6.45, 7) is 4.03. The van der Waals surface area contributed by atoms with E-state index in [4.69, 9.17) is 5.73 Å². The normalized spacial score (nSPS) is 11.1. The predicted molar refractivity (Wildman–Crippen MR) is 84.1 cm³/mol. The van der Waals surface area contributed by atoms with Gasteiger partial charge in [-0.15, -0.1) is 0 Å². The molecule has 0 saturated heterocycles. The molecule has 7 heteroatoms. The lowest BCUT2D eigenvalue weighted by Gasteiger charge is -2.07. The van der Waals surface area contributed by atoms with Gasteiger partial charge in [0.25, 0.3) is 5.91 Å². The third-order valence-electron chi connectivity index (χ3n) is 3.57. The van der Waals surface area contributed by atoms with Crippen LogP contribution in [0, 0.1) is 0 Å². The molecule has 0 saturated carbocycles.